The van der Waals surface area contributed by atoms with E-state index in [1.165, 1.54) is 25.7 Å². The van der Waals surface area contributed by atoms with Gasteiger partial charge in [-0.05, 0) is 33.1 Å². The number of aliphatic hydroxyl groups excluding tert-OH is 2. The molecule has 2 atom stereocenters. The average Bonchev–Trinajstić information content (AvgIpc) is 2.66. The van der Waals surface area contributed by atoms with Crippen LogP contribution in [0.4, 0.5) is 0 Å². The first-order valence-electron chi connectivity index (χ1n) is 10.6. The van der Waals surface area contributed by atoms with E-state index in [-0.39, 0.29) is 25.6 Å². The number of aliphatic hydroxyl groups is 2. The predicted octanol–water partition coefficient (Wildman–Crippen LogP) is 3.30. The third-order valence-electron chi connectivity index (χ3n) is 3.65. The first-order valence-corrected chi connectivity index (χ1v) is 10.6. The summed E-state index contributed by atoms with van der Waals surface area (Å²) >= 11 is 0. The van der Waals surface area contributed by atoms with Crippen molar-refractivity contribution >= 4 is 17.9 Å². The summed E-state index contributed by atoms with van der Waals surface area (Å²) in [4.78, 5) is 29.9. The van der Waals surface area contributed by atoms with E-state index in [0.29, 0.717) is 25.9 Å². The minimum absolute atomic E-state index is 0.00667. The zero-order valence-corrected chi connectivity index (χ0v) is 18.7. The molecule has 0 fully saturated rings. The summed E-state index contributed by atoms with van der Waals surface area (Å²) in [5.74, 6) is -2.41. The molecule has 0 heterocycles. The van der Waals surface area contributed by atoms with E-state index in [0.717, 1.165) is 12.8 Å². The number of rotatable bonds is 16. The topological polar surface area (TPSA) is 162 Å². The van der Waals surface area contributed by atoms with Crippen molar-refractivity contribution in [3.8, 4) is 0 Å². The standard InChI is InChI=1S/C9H18O2.C6H10O4.C6H14O3/c1-2-3-4-5-6-7-8-9(10)11;7-5(8)3-1-2-4-6(9)10;1-5(8)4-9-6(2)3-7/h2-8H2,1H3,(H,10,11);1-4H2,(H,7,8)(H,9,10);5-8H,3-4H2,1-2H3. The van der Waals surface area contributed by atoms with Crippen LogP contribution in [0.1, 0.15) is 91.4 Å². The molecular formula is C21H42O9. The van der Waals surface area contributed by atoms with Gasteiger partial charge in [-0.1, -0.05) is 39.0 Å². The third-order valence-corrected chi connectivity index (χ3v) is 3.65. The van der Waals surface area contributed by atoms with E-state index in [1.807, 2.05) is 0 Å². The number of carboxylic acid groups (broad SMARTS) is 3. The molecule has 180 valence electrons. The molecule has 0 rings (SSSR count). The Labute approximate surface area is 180 Å². The highest BCUT2D eigenvalue weighted by Crippen LogP contribution is 2.06. The van der Waals surface area contributed by atoms with Crippen LogP contribution in [0, 0.1) is 0 Å². The van der Waals surface area contributed by atoms with Crippen LogP contribution < -0.4 is 0 Å². The molecule has 0 bridgehead atoms. The maximum absolute atomic E-state index is 10.1. The maximum atomic E-state index is 10.1. The molecule has 0 radical (unpaired) electrons. The molecule has 9 nitrogen and oxygen atoms in total. The first-order chi connectivity index (χ1) is 14.1. The van der Waals surface area contributed by atoms with Crippen LogP contribution in [0.15, 0.2) is 0 Å². The molecule has 9 heteroatoms. The SMILES string of the molecule is CC(O)COC(C)CO.CCCCCCCCC(=O)O.O=C(O)CCCCC(=O)O. The Bertz CT molecular complexity index is 395. The molecular weight excluding hydrogens is 396 g/mol. The fourth-order valence-electron chi connectivity index (χ4n) is 1.97. The first kappa shape index (κ1) is 32.9. The molecule has 0 saturated heterocycles. The predicted molar refractivity (Wildman–Crippen MR) is 114 cm³/mol. The van der Waals surface area contributed by atoms with Crippen LogP contribution in [0.3, 0.4) is 0 Å². The van der Waals surface area contributed by atoms with Gasteiger partial charge in [0, 0.05) is 19.3 Å². The number of carboxylic acids is 3. The summed E-state index contributed by atoms with van der Waals surface area (Å²) in [5.41, 5.74) is 0. The van der Waals surface area contributed by atoms with Crippen molar-refractivity contribution in [1.29, 1.82) is 0 Å². The van der Waals surface area contributed by atoms with Crippen molar-refractivity contribution in [3.63, 3.8) is 0 Å². The summed E-state index contributed by atoms with van der Waals surface area (Å²) in [5, 5.41) is 41.7. The van der Waals surface area contributed by atoms with E-state index < -0.39 is 24.0 Å². The van der Waals surface area contributed by atoms with E-state index >= 15 is 0 Å². The normalized spacial score (nSPS) is 11.9. The van der Waals surface area contributed by atoms with Crippen molar-refractivity contribution in [2.24, 2.45) is 0 Å². The molecule has 0 aliphatic heterocycles. The second-order valence-corrected chi connectivity index (χ2v) is 7.08. The van der Waals surface area contributed by atoms with Gasteiger partial charge in [0.05, 0.1) is 25.4 Å². The Morgan fingerprint density at radius 2 is 1.10 bits per heavy atom. The maximum Gasteiger partial charge on any atom is 0.303 e. The average molecular weight is 439 g/mol. The number of hydrogen-bond donors (Lipinski definition) is 5. The number of carbonyl (C=O) groups is 3. The van der Waals surface area contributed by atoms with E-state index in [1.54, 1.807) is 13.8 Å². The van der Waals surface area contributed by atoms with Gasteiger partial charge in [-0.15, -0.1) is 0 Å². The number of aliphatic carboxylic acids is 3. The minimum Gasteiger partial charge on any atom is -0.481 e. The molecule has 30 heavy (non-hydrogen) atoms. The Morgan fingerprint density at radius 3 is 1.43 bits per heavy atom. The quantitative estimate of drug-likeness (QED) is 0.228. The zero-order valence-electron chi connectivity index (χ0n) is 18.7. The lowest BCUT2D eigenvalue weighted by Gasteiger charge is -2.10. The Kier molecular flexibility index (Phi) is 27.8. The molecule has 0 aliphatic carbocycles. The largest absolute Gasteiger partial charge is 0.481 e. The van der Waals surface area contributed by atoms with Crippen LogP contribution in [-0.4, -0.2) is 68.9 Å². The van der Waals surface area contributed by atoms with Crippen molar-refractivity contribution in [1.82, 2.24) is 0 Å². The Balaban J connectivity index is -0.000000366. The molecule has 0 amide bonds. The summed E-state index contributed by atoms with van der Waals surface area (Å²) in [6, 6.07) is 0. The molecule has 0 aromatic carbocycles. The lowest BCUT2D eigenvalue weighted by atomic mass is 10.1. The lowest BCUT2D eigenvalue weighted by Crippen LogP contribution is -2.19. The smallest absolute Gasteiger partial charge is 0.303 e. The zero-order chi connectivity index (χ0) is 23.8. The molecule has 0 aromatic rings. The third kappa shape index (κ3) is 40.8. The monoisotopic (exact) mass is 438 g/mol. The summed E-state index contributed by atoms with van der Waals surface area (Å²) < 4.78 is 4.95. The summed E-state index contributed by atoms with van der Waals surface area (Å²) in [6.07, 6.45) is 7.66. The minimum atomic E-state index is -0.870. The van der Waals surface area contributed by atoms with E-state index in [4.69, 9.17) is 30.3 Å². The molecule has 2 unspecified atom stereocenters. The Morgan fingerprint density at radius 1 is 0.733 bits per heavy atom. The van der Waals surface area contributed by atoms with Gasteiger partial charge in [0.2, 0.25) is 0 Å². The highest BCUT2D eigenvalue weighted by atomic mass is 16.5. The lowest BCUT2D eigenvalue weighted by molar-refractivity contribution is -0.139. The fourth-order valence-corrected chi connectivity index (χ4v) is 1.97. The van der Waals surface area contributed by atoms with E-state index in [9.17, 15) is 14.4 Å². The van der Waals surface area contributed by atoms with Gasteiger partial charge in [0.1, 0.15) is 0 Å². The van der Waals surface area contributed by atoms with Gasteiger partial charge in [-0.3, -0.25) is 14.4 Å². The Hall–Kier alpha value is -1.71. The fraction of sp³-hybridized carbons (Fsp3) is 0.857. The van der Waals surface area contributed by atoms with Crippen LogP contribution in [-0.2, 0) is 19.1 Å². The number of unbranched alkanes of at least 4 members (excludes halogenated alkanes) is 6. The van der Waals surface area contributed by atoms with E-state index in [2.05, 4.69) is 6.92 Å². The van der Waals surface area contributed by atoms with Gasteiger partial charge in [0.25, 0.3) is 0 Å². The second kappa shape index (κ2) is 25.3. The number of hydrogen-bond acceptors (Lipinski definition) is 6. The second-order valence-electron chi connectivity index (χ2n) is 7.08. The molecule has 0 aliphatic rings. The summed E-state index contributed by atoms with van der Waals surface area (Å²) in [7, 11) is 0. The summed E-state index contributed by atoms with van der Waals surface area (Å²) in [6.45, 7) is 5.87. The van der Waals surface area contributed by atoms with Crippen LogP contribution in [0.25, 0.3) is 0 Å². The van der Waals surface area contributed by atoms with Gasteiger partial charge < -0.3 is 30.3 Å². The highest BCUT2D eigenvalue weighted by molar-refractivity contribution is 5.68. The molecule has 0 saturated carbocycles. The molecule has 0 spiro atoms. The van der Waals surface area contributed by atoms with Crippen LogP contribution in [0.2, 0.25) is 0 Å². The number of ether oxygens (including phenoxy) is 1. The van der Waals surface area contributed by atoms with Crippen molar-refractivity contribution in [3.05, 3.63) is 0 Å². The van der Waals surface area contributed by atoms with Crippen LogP contribution in [0.5, 0.6) is 0 Å². The van der Waals surface area contributed by atoms with Crippen molar-refractivity contribution in [2.75, 3.05) is 13.2 Å². The van der Waals surface area contributed by atoms with Gasteiger partial charge in [-0.2, -0.15) is 0 Å². The van der Waals surface area contributed by atoms with Gasteiger partial charge >= 0.3 is 17.9 Å². The van der Waals surface area contributed by atoms with Gasteiger partial charge in [-0.25, -0.2) is 0 Å². The molecule has 5 N–H and O–H groups in total. The van der Waals surface area contributed by atoms with Crippen molar-refractivity contribution in [2.45, 2.75) is 104 Å². The van der Waals surface area contributed by atoms with Crippen molar-refractivity contribution < 1.29 is 44.7 Å². The van der Waals surface area contributed by atoms with Gasteiger partial charge in [0.15, 0.2) is 0 Å². The molecule has 0 aromatic heterocycles. The highest BCUT2D eigenvalue weighted by Gasteiger charge is 2.01. The van der Waals surface area contributed by atoms with Crippen LogP contribution >= 0.6 is 0 Å².